The van der Waals surface area contributed by atoms with E-state index in [-0.39, 0.29) is 17.8 Å². The number of rotatable bonds is 4. The first-order chi connectivity index (χ1) is 10.6. The molecule has 0 aromatic carbocycles. The maximum Gasteiger partial charge on any atom is 0.286 e. The van der Waals surface area contributed by atoms with Gasteiger partial charge in [-0.05, 0) is 0 Å². The number of carbonyl (C=O) groups is 1. The van der Waals surface area contributed by atoms with Crippen molar-refractivity contribution in [1.29, 1.82) is 0 Å². The molecule has 1 amide bonds. The molecule has 0 aliphatic carbocycles. The molecular formula is C13H15N5O5. The predicted octanol–water partition coefficient (Wildman–Crippen LogP) is 0.584. The van der Waals surface area contributed by atoms with Gasteiger partial charge in [0.25, 0.3) is 17.2 Å². The third-order valence-electron chi connectivity index (χ3n) is 2.97. The Balaban J connectivity index is 2.47. The Morgan fingerprint density at radius 1 is 1.48 bits per heavy atom. The zero-order valence-electron chi connectivity index (χ0n) is 12.8. The summed E-state index contributed by atoms with van der Waals surface area (Å²) in [7, 11) is 0. The molecule has 0 atom stereocenters. The Bertz CT molecular complexity index is 830. The van der Waals surface area contributed by atoms with Crippen molar-refractivity contribution < 1.29 is 14.2 Å². The van der Waals surface area contributed by atoms with Crippen molar-refractivity contribution in [2.45, 2.75) is 32.7 Å². The molecule has 2 rings (SSSR count). The molecule has 2 aromatic rings. The number of pyridine rings is 1. The Labute approximate surface area is 130 Å². The van der Waals surface area contributed by atoms with Gasteiger partial charge in [0.1, 0.15) is 5.56 Å². The highest BCUT2D eigenvalue weighted by Gasteiger charge is 2.23. The van der Waals surface area contributed by atoms with E-state index in [4.69, 9.17) is 10.3 Å². The quantitative estimate of drug-likeness (QED) is 0.639. The lowest BCUT2D eigenvalue weighted by Gasteiger charge is -2.10. The molecule has 2 aromatic heterocycles. The lowest BCUT2D eigenvalue weighted by atomic mass is 9.97. The van der Waals surface area contributed by atoms with E-state index < -0.39 is 27.6 Å². The van der Waals surface area contributed by atoms with Crippen LogP contribution < -0.4 is 11.3 Å². The molecule has 0 fully saturated rings. The van der Waals surface area contributed by atoms with Crippen molar-refractivity contribution in [3.8, 4) is 0 Å². The maximum absolute atomic E-state index is 12.1. The van der Waals surface area contributed by atoms with Crippen LogP contribution in [0.1, 0.15) is 42.8 Å². The lowest BCUT2D eigenvalue weighted by Crippen LogP contribution is -2.30. The monoisotopic (exact) mass is 321 g/mol. The number of nitrogens with zero attached hydrogens (tertiary/aromatic N) is 4. The van der Waals surface area contributed by atoms with Crippen LogP contribution in [0.3, 0.4) is 0 Å². The Morgan fingerprint density at radius 3 is 2.61 bits per heavy atom. The molecule has 122 valence electrons. The number of hydrogen-bond donors (Lipinski definition) is 1. The van der Waals surface area contributed by atoms with Crippen LogP contribution in [0.2, 0.25) is 0 Å². The minimum Gasteiger partial charge on any atom is -0.365 e. The van der Waals surface area contributed by atoms with Gasteiger partial charge >= 0.3 is 0 Å². The van der Waals surface area contributed by atoms with Gasteiger partial charge in [-0.1, -0.05) is 25.9 Å². The number of primary amides is 1. The van der Waals surface area contributed by atoms with Crippen molar-refractivity contribution in [2.24, 2.45) is 5.73 Å². The first-order valence-electron chi connectivity index (χ1n) is 6.61. The number of amides is 1. The van der Waals surface area contributed by atoms with Crippen LogP contribution in [0, 0.1) is 10.1 Å². The molecule has 10 heteroatoms. The minimum absolute atomic E-state index is 0.160. The summed E-state index contributed by atoms with van der Waals surface area (Å²) in [5, 5.41) is 14.7. The second-order valence-electron chi connectivity index (χ2n) is 5.93. The van der Waals surface area contributed by atoms with E-state index >= 15 is 0 Å². The molecule has 0 spiro atoms. The molecule has 0 saturated heterocycles. The summed E-state index contributed by atoms with van der Waals surface area (Å²) in [6.07, 6.45) is 1.00. The van der Waals surface area contributed by atoms with Gasteiger partial charge in [0.2, 0.25) is 5.89 Å². The van der Waals surface area contributed by atoms with E-state index in [1.165, 1.54) is 0 Å². The summed E-state index contributed by atoms with van der Waals surface area (Å²) in [4.78, 5) is 37.8. The third kappa shape index (κ3) is 3.42. The van der Waals surface area contributed by atoms with Gasteiger partial charge in [0, 0.05) is 11.5 Å². The van der Waals surface area contributed by atoms with Gasteiger partial charge < -0.3 is 14.8 Å². The fourth-order valence-corrected chi connectivity index (χ4v) is 1.79. The molecule has 23 heavy (non-hydrogen) atoms. The highest BCUT2D eigenvalue weighted by Crippen LogP contribution is 2.20. The second-order valence-corrected chi connectivity index (χ2v) is 5.93. The summed E-state index contributed by atoms with van der Waals surface area (Å²) in [6.45, 7) is 5.43. The zero-order chi connectivity index (χ0) is 17.4. The van der Waals surface area contributed by atoms with Gasteiger partial charge in [-0.3, -0.25) is 19.7 Å². The summed E-state index contributed by atoms with van der Waals surface area (Å²) in [6, 6.07) is 0.845. The Morgan fingerprint density at radius 2 is 2.13 bits per heavy atom. The second kappa shape index (κ2) is 5.63. The molecule has 0 aliphatic heterocycles. The number of hydrogen-bond acceptors (Lipinski definition) is 7. The van der Waals surface area contributed by atoms with Crippen LogP contribution >= 0.6 is 0 Å². The first kappa shape index (κ1) is 16.3. The SMILES string of the molecule is CC(C)(C)c1nc(Cn2cc([N+](=O)[O-])cc(C(N)=O)c2=O)no1. The van der Waals surface area contributed by atoms with E-state index in [0.717, 1.165) is 16.8 Å². The van der Waals surface area contributed by atoms with Crippen LogP contribution in [0.4, 0.5) is 5.69 Å². The normalized spacial score (nSPS) is 11.4. The van der Waals surface area contributed by atoms with E-state index in [1.807, 2.05) is 20.8 Å². The molecule has 0 radical (unpaired) electrons. The molecule has 2 N–H and O–H groups in total. The van der Waals surface area contributed by atoms with Crippen LogP contribution in [0.25, 0.3) is 0 Å². The van der Waals surface area contributed by atoms with Crippen molar-refractivity contribution in [1.82, 2.24) is 14.7 Å². The fraction of sp³-hybridized carbons (Fsp3) is 0.385. The Kier molecular flexibility index (Phi) is 4.00. The predicted molar refractivity (Wildman–Crippen MR) is 78.0 cm³/mol. The number of nitrogens with two attached hydrogens (primary N) is 1. The molecule has 10 nitrogen and oxygen atoms in total. The van der Waals surface area contributed by atoms with Gasteiger partial charge in [-0.15, -0.1) is 0 Å². The highest BCUT2D eigenvalue weighted by atomic mass is 16.6. The van der Waals surface area contributed by atoms with Gasteiger partial charge in [0.05, 0.1) is 17.7 Å². The van der Waals surface area contributed by atoms with E-state index in [2.05, 4.69) is 10.1 Å². The van der Waals surface area contributed by atoms with Crippen molar-refractivity contribution in [3.63, 3.8) is 0 Å². The standard InChI is InChI=1S/C13H15N5O5/c1-13(2,3)12-15-9(16-23-12)6-17-5-7(18(21)22)4-8(10(14)19)11(17)20/h4-5H,6H2,1-3H3,(H2,14,19). The first-order valence-corrected chi connectivity index (χ1v) is 6.61. The third-order valence-corrected chi connectivity index (χ3v) is 2.97. The molecule has 0 aliphatic rings. The van der Waals surface area contributed by atoms with Gasteiger partial charge in [-0.2, -0.15) is 4.98 Å². The molecule has 0 saturated carbocycles. The maximum atomic E-state index is 12.1. The van der Waals surface area contributed by atoms with E-state index in [9.17, 15) is 19.7 Å². The summed E-state index contributed by atoms with van der Waals surface area (Å²) in [5.41, 5.74) is 3.04. The van der Waals surface area contributed by atoms with Crippen molar-refractivity contribution in [2.75, 3.05) is 0 Å². The smallest absolute Gasteiger partial charge is 0.286 e. The van der Waals surface area contributed by atoms with Gasteiger partial charge in [-0.25, -0.2) is 0 Å². The van der Waals surface area contributed by atoms with Crippen LogP contribution in [0.15, 0.2) is 21.6 Å². The van der Waals surface area contributed by atoms with Crippen LogP contribution in [0.5, 0.6) is 0 Å². The Hall–Kier alpha value is -3.04. The molecule has 0 bridgehead atoms. The molecule has 0 unspecified atom stereocenters. The van der Waals surface area contributed by atoms with Crippen LogP contribution in [-0.4, -0.2) is 25.5 Å². The average Bonchev–Trinajstić information content (AvgIpc) is 2.89. The lowest BCUT2D eigenvalue weighted by molar-refractivity contribution is -0.385. The van der Waals surface area contributed by atoms with Crippen molar-refractivity contribution >= 4 is 11.6 Å². The summed E-state index contributed by atoms with van der Waals surface area (Å²) in [5.74, 6) is -0.523. The summed E-state index contributed by atoms with van der Waals surface area (Å²) >= 11 is 0. The fourth-order valence-electron chi connectivity index (χ4n) is 1.79. The molecule has 2 heterocycles. The van der Waals surface area contributed by atoms with E-state index in [0.29, 0.717) is 5.89 Å². The van der Waals surface area contributed by atoms with E-state index in [1.54, 1.807) is 0 Å². The zero-order valence-corrected chi connectivity index (χ0v) is 12.8. The highest BCUT2D eigenvalue weighted by molar-refractivity contribution is 5.92. The number of aromatic nitrogens is 3. The van der Waals surface area contributed by atoms with Crippen molar-refractivity contribution in [3.05, 3.63) is 50.0 Å². The number of nitro groups is 1. The summed E-state index contributed by atoms with van der Waals surface area (Å²) < 4.78 is 6.05. The minimum atomic E-state index is -1.05. The molecular weight excluding hydrogens is 306 g/mol. The van der Waals surface area contributed by atoms with Gasteiger partial charge in [0.15, 0.2) is 5.82 Å². The average molecular weight is 321 g/mol. The van der Waals surface area contributed by atoms with Crippen LogP contribution in [-0.2, 0) is 12.0 Å². The number of carbonyl (C=O) groups excluding carboxylic acids is 1. The largest absolute Gasteiger partial charge is 0.365 e. The topological polar surface area (TPSA) is 147 Å².